The van der Waals surface area contributed by atoms with Crippen molar-refractivity contribution in [2.45, 2.75) is 12.8 Å². The SMILES string of the molecule is COc1cc(N2CCCC2)c(OC)cc1/C=C1/C(=O)NC(=S)N(c2ccccc2F)C1=O. The van der Waals surface area contributed by atoms with E-state index in [1.54, 1.807) is 19.2 Å². The van der Waals surface area contributed by atoms with Gasteiger partial charge in [0.25, 0.3) is 11.8 Å². The van der Waals surface area contributed by atoms with E-state index in [1.165, 1.54) is 31.4 Å². The van der Waals surface area contributed by atoms with E-state index in [1.807, 2.05) is 6.07 Å². The third-order valence-corrected chi connectivity index (χ3v) is 5.76. The fourth-order valence-corrected chi connectivity index (χ4v) is 4.16. The van der Waals surface area contributed by atoms with Crippen molar-refractivity contribution in [1.82, 2.24) is 5.32 Å². The van der Waals surface area contributed by atoms with Crippen LogP contribution in [0.25, 0.3) is 6.08 Å². The van der Waals surface area contributed by atoms with Gasteiger partial charge in [-0.1, -0.05) is 12.1 Å². The zero-order valence-corrected chi connectivity index (χ0v) is 18.5. The third kappa shape index (κ3) is 3.91. The van der Waals surface area contributed by atoms with Gasteiger partial charge in [-0.25, -0.2) is 9.29 Å². The van der Waals surface area contributed by atoms with Crippen LogP contribution in [0.2, 0.25) is 0 Å². The topological polar surface area (TPSA) is 71.1 Å². The summed E-state index contributed by atoms with van der Waals surface area (Å²) in [6.45, 7) is 1.83. The molecular formula is C23H22FN3O4S. The number of halogens is 1. The van der Waals surface area contributed by atoms with Crippen molar-refractivity contribution in [2.24, 2.45) is 0 Å². The highest BCUT2D eigenvalue weighted by Gasteiger charge is 2.36. The van der Waals surface area contributed by atoms with Crippen LogP contribution in [0, 0.1) is 5.82 Å². The minimum atomic E-state index is -0.728. The lowest BCUT2D eigenvalue weighted by molar-refractivity contribution is -0.122. The molecule has 0 bridgehead atoms. The zero-order valence-electron chi connectivity index (χ0n) is 17.7. The molecule has 2 aromatic rings. The van der Waals surface area contributed by atoms with Gasteiger partial charge >= 0.3 is 0 Å². The minimum Gasteiger partial charge on any atom is -0.496 e. The average molecular weight is 456 g/mol. The molecule has 2 amide bonds. The van der Waals surface area contributed by atoms with Gasteiger partial charge in [0.05, 0.1) is 25.6 Å². The number of nitrogens with zero attached hydrogens (tertiary/aromatic N) is 2. The summed E-state index contributed by atoms with van der Waals surface area (Å²) in [7, 11) is 3.08. The fourth-order valence-electron chi connectivity index (χ4n) is 3.89. The van der Waals surface area contributed by atoms with Gasteiger partial charge in [0.2, 0.25) is 0 Å². The second-order valence-electron chi connectivity index (χ2n) is 7.37. The van der Waals surface area contributed by atoms with Gasteiger partial charge in [-0.05, 0) is 49.3 Å². The van der Waals surface area contributed by atoms with E-state index in [0.29, 0.717) is 17.1 Å². The zero-order chi connectivity index (χ0) is 22.8. The first-order chi connectivity index (χ1) is 15.4. The molecule has 2 aromatic carbocycles. The third-order valence-electron chi connectivity index (χ3n) is 5.47. The molecular weight excluding hydrogens is 433 g/mol. The molecule has 4 rings (SSSR count). The molecule has 1 N–H and O–H groups in total. The first-order valence-electron chi connectivity index (χ1n) is 10.1. The van der Waals surface area contributed by atoms with E-state index >= 15 is 0 Å². The molecule has 2 fully saturated rings. The Balaban J connectivity index is 1.78. The van der Waals surface area contributed by atoms with Crippen LogP contribution in [-0.2, 0) is 9.59 Å². The molecule has 2 aliphatic heterocycles. The summed E-state index contributed by atoms with van der Waals surface area (Å²) in [6, 6.07) is 9.28. The summed E-state index contributed by atoms with van der Waals surface area (Å²) < 4.78 is 25.5. The van der Waals surface area contributed by atoms with Crippen LogP contribution in [-0.4, -0.2) is 44.2 Å². The predicted molar refractivity (Wildman–Crippen MR) is 124 cm³/mol. The minimum absolute atomic E-state index is 0.0395. The molecule has 0 spiro atoms. The van der Waals surface area contributed by atoms with Crippen LogP contribution in [0.1, 0.15) is 18.4 Å². The summed E-state index contributed by atoms with van der Waals surface area (Å²) in [5.74, 6) is -0.949. The highest BCUT2D eigenvalue weighted by molar-refractivity contribution is 7.80. The number of hydrogen-bond donors (Lipinski definition) is 1. The van der Waals surface area contributed by atoms with Crippen LogP contribution in [0.4, 0.5) is 15.8 Å². The lowest BCUT2D eigenvalue weighted by Crippen LogP contribution is -2.54. The second kappa shape index (κ2) is 8.96. The molecule has 7 nitrogen and oxygen atoms in total. The summed E-state index contributed by atoms with van der Waals surface area (Å²) in [5.41, 5.74) is 1.13. The van der Waals surface area contributed by atoms with Gasteiger partial charge < -0.3 is 14.4 Å². The molecule has 2 aliphatic rings. The van der Waals surface area contributed by atoms with Crippen molar-refractivity contribution in [3.05, 3.63) is 53.4 Å². The second-order valence-corrected chi connectivity index (χ2v) is 7.76. The van der Waals surface area contributed by atoms with Crippen molar-refractivity contribution in [2.75, 3.05) is 37.1 Å². The summed E-state index contributed by atoms with van der Waals surface area (Å²) >= 11 is 5.14. The standard InChI is InChI=1S/C23H22FN3O4S/c1-30-19-13-18(26-9-5-6-10-26)20(31-2)12-14(19)11-15-21(28)25-23(32)27(22(15)29)17-8-4-3-7-16(17)24/h3-4,7-8,11-13H,5-6,9-10H2,1-2H3,(H,25,28,32)/b15-11-. The number of hydrogen-bond acceptors (Lipinski definition) is 6. The smallest absolute Gasteiger partial charge is 0.270 e. The van der Waals surface area contributed by atoms with Gasteiger partial charge in [0.15, 0.2) is 5.11 Å². The molecule has 2 heterocycles. The normalized spacial score (nSPS) is 17.7. The first-order valence-corrected chi connectivity index (χ1v) is 10.5. The molecule has 0 unspecified atom stereocenters. The number of benzene rings is 2. The van der Waals surface area contributed by atoms with Gasteiger partial charge in [0, 0.05) is 24.7 Å². The molecule has 9 heteroatoms. The number of ether oxygens (including phenoxy) is 2. The maximum atomic E-state index is 14.4. The van der Waals surface area contributed by atoms with Crippen molar-refractivity contribution >= 4 is 46.6 Å². The van der Waals surface area contributed by atoms with Crippen molar-refractivity contribution in [3.8, 4) is 11.5 Å². The maximum absolute atomic E-state index is 14.4. The van der Waals surface area contributed by atoms with Gasteiger partial charge in [-0.2, -0.15) is 0 Å². The molecule has 2 saturated heterocycles. The van der Waals surface area contributed by atoms with Gasteiger partial charge in [-0.3, -0.25) is 14.9 Å². The number of para-hydroxylation sites is 1. The highest BCUT2D eigenvalue weighted by atomic mass is 32.1. The monoisotopic (exact) mass is 455 g/mol. The van der Waals surface area contributed by atoms with Crippen LogP contribution in [0.5, 0.6) is 11.5 Å². The first kappa shape index (κ1) is 21.8. The summed E-state index contributed by atoms with van der Waals surface area (Å²) in [4.78, 5) is 29.0. The Morgan fingerprint density at radius 3 is 2.38 bits per heavy atom. The average Bonchev–Trinajstić information content (AvgIpc) is 3.32. The Morgan fingerprint density at radius 2 is 1.72 bits per heavy atom. The predicted octanol–water partition coefficient (Wildman–Crippen LogP) is 3.27. The molecule has 0 aromatic heterocycles. The molecule has 0 atom stereocenters. The van der Waals surface area contributed by atoms with Crippen molar-refractivity contribution in [1.29, 1.82) is 0 Å². The van der Waals surface area contributed by atoms with E-state index in [4.69, 9.17) is 21.7 Å². The van der Waals surface area contributed by atoms with Gasteiger partial charge in [0.1, 0.15) is 22.9 Å². The Morgan fingerprint density at radius 1 is 1.03 bits per heavy atom. The molecule has 0 radical (unpaired) electrons. The molecule has 0 aliphatic carbocycles. The van der Waals surface area contributed by atoms with E-state index in [2.05, 4.69) is 10.2 Å². The lowest BCUT2D eigenvalue weighted by Gasteiger charge is -2.29. The Kier molecular flexibility index (Phi) is 6.09. The number of nitrogens with one attached hydrogen (secondary N) is 1. The maximum Gasteiger partial charge on any atom is 0.270 e. The van der Waals surface area contributed by atoms with Crippen LogP contribution < -0.4 is 24.6 Å². The summed E-state index contributed by atoms with van der Waals surface area (Å²) in [6.07, 6.45) is 3.60. The number of methoxy groups -OCH3 is 2. The fraction of sp³-hybridized carbons (Fsp3) is 0.261. The quantitative estimate of drug-likeness (QED) is 0.424. The van der Waals surface area contributed by atoms with Crippen LogP contribution in [0.3, 0.4) is 0 Å². The Bertz CT molecular complexity index is 1130. The lowest BCUT2D eigenvalue weighted by atomic mass is 10.0. The van der Waals surface area contributed by atoms with Crippen LogP contribution in [0.15, 0.2) is 42.0 Å². The number of amides is 2. The number of thiocarbonyl (C=S) groups is 1. The number of rotatable bonds is 5. The number of carbonyl (C=O) groups excluding carboxylic acids is 2. The Hall–Kier alpha value is -3.46. The molecule has 166 valence electrons. The van der Waals surface area contributed by atoms with E-state index in [-0.39, 0.29) is 16.4 Å². The number of carbonyl (C=O) groups is 2. The van der Waals surface area contributed by atoms with Crippen LogP contribution >= 0.6 is 12.2 Å². The van der Waals surface area contributed by atoms with Gasteiger partial charge in [-0.15, -0.1) is 0 Å². The largest absolute Gasteiger partial charge is 0.496 e. The Labute approximate surface area is 190 Å². The highest BCUT2D eigenvalue weighted by Crippen LogP contribution is 2.38. The summed E-state index contributed by atoms with van der Waals surface area (Å²) in [5, 5.41) is 2.28. The van der Waals surface area contributed by atoms with E-state index in [9.17, 15) is 14.0 Å². The number of anilines is 2. The van der Waals surface area contributed by atoms with E-state index < -0.39 is 17.6 Å². The van der Waals surface area contributed by atoms with Crippen molar-refractivity contribution in [3.63, 3.8) is 0 Å². The van der Waals surface area contributed by atoms with E-state index in [0.717, 1.165) is 36.5 Å². The molecule has 32 heavy (non-hydrogen) atoms. The molecule has 0 saturated carbocycles. The van der Waals surface area contributed by atoms with Crippen molar-refractivity contribution < 1.29 is 23.5 Å².